The van der Waals surface area contributed by atoms with Gasteiger partial charge in [0.05, 0.1) is 72.7 Å². The number of rotatable bonds is 29. The first-order valence-electron chi connectivity index (χ1n) is 14.0. The maximum atomic E-state index is 10.6. The molecule has 1 rings (SSSR count). The standard InChI is InChI=1S/C29H50O8/c1-2-3-4-5-6-7-8-9-14-31-15-16-32-17-18-33-19-20-34-21-22-35-23-24-36-25-26-37-29-12-10-28(27-30)11-13-29/h10-13,27H,2-9,14-26H2,1H3. The van der Waals surface area contributed by atoms with Crippen LogP contribution in [-0.4, -0.2) is 92.2 Å². The fourth-order valence-corrected chi connectivity index (χ4v) is 3.40. The van der Waals surface area contributed by atoms with Gasteiger partial charge >= 0.3 is 0 Å². The third kappa shape index (κ3) is 23.3. The van der Waals surface area contributed by atoms with E-state index in [9.17, 15) is 4.79 Å². The van der Waals surface area contributed by atoms with Crippen LogP contribution in [0.15, 0.2) is 24.3 Å². The van der Waals surface area contributed by atoms with Crippen LogP contribution in [0.1, 0.15) is 68.6 Å². The molecule has 0 saturated carbocycles. The summed E-state index contributed by atoms with van der Waals surface area (Å²) in [5.74, 6) is 0.716. The van der Waals surface area contributed by atoms with Crippen molar-refractivity contribution in [3.05, 3.63) is 29.8 Å². The molecule has 0 N–H and O–H groups in total. The second kappa shape index (κ2) is 27.5. The van der Waals surface area contributed by atoms with E-state index in [0.717, 1.165) is 19.3 Å². The van der Waals surface area contributed by atoms with Gasteiger partial charge in [0, 0.05) is 12.2 Å². The van der Waals surface area contributed by atoms with E-state index >= 15 is 0 Å². The van der Waals surface area contributed by atoms with E-state index in [1.807, 2.05) is 0 Å². The smallest absolute Gasteiger partial charge is 0.150 e. The predicted octanol–water partition coefficient (Wildman–Crippen LogP) is 5.12. The molecule has 0 heterocycles. The molecule has 0 spiro atoms. The van der Waals surface area contributed by atoms with Crippen molar-refractivity contribution < 1.29 is 38.0 Å². The molecule has 0 saturated heterocycles. The summed E-state index contributed by atoms with van der Waals surface area (Å²) < 4.78 is 38.5. The SMILES string of the molecule is CCCCCCCCCCOCCOCCOCCOCCOCCOCCOc1ccc(C=O)cc1. The summed E-state index contributed by atoms with van der Waals surface area (Å²) in [4.78, 5) is 10.6. The largest absolute Gasteiger partial charge is 0.491 e. The number of aldehydes is 1. The highest BCUT2D eigenvalue weighted by Gasteiger charge is 1.97. The Bertz CT molecular complexity index is 596. The molecule has 0 aromatic heterocycles. The molecule has 8 heteroatoms. The highest BCUT2D eigenvalue weighted by atomic mass is 16.6. The number of benzene rings is 1. The Balaban J connectivity index is 1.67. The van der Waals surface area contributed by atoms with Gasteiger partial charge in [-0.1, -0.05) is 51.9 Å². The molecule has 0 aliphatic heterocycles. The van der Waals surface area contributed by atoms with Gasteiger partial charge in [0.25, 0.3) is 0 Å². The summed E-state index contributed by atoms with van der Waals surface area (Å²) in [5, 5.41) is 0. The first kappa shape index (κ1) is 33.5. The van der Waals surface area contributed by atoms with E-state index in [0.29, 0.717) is 90.6 Å². The van der Waals surface area contributed by atoms with Gasteiger partial charge in [-0.3, -0.25) is 4.79 Å². The van der Waals surface area contributed by atoms with E-state index in [1.165, 1.54) is 44.9 Å². The average Bonchev–Trinajstić information content (AvgIpc) is 2.93. The van der Waals surface area contributed by atoms with Crippen molar-refractivity contribution in [2.24, 2.45) is 0 Å². The Hall–Kier alpha value is -1.55. The predicted molar refractivity (Wildman–Crippen MR) is 145 cm³/mol. The summed E-state index contributed by atoms with van der Waals surface area (Å²) >= 11 is 0. The van der Waals surface area contributed by atoms with Gasteiger partial charge in [0.2, 0.25) is 0 Å². The molecular formula is C29H50O8. The van der Waals surface area contributed by atoms with Gasteiger partial charge in [-0.25, -0.2) is 0 Å². The monoisotopic (exact) mass is 526 g/mol. The van der Waals surface area contributed by atoms with Crippen molar-refractivity contribution in [1.29, 1.82) is 0 Å². The van der Waals surface area contributed by atoms with E-state index in [4.69, 9.17) is 33.2 Å². The summed E-state index contributed by atoms with van der Waals surface area (Å²) in [6, 6.07) is 6.97. The first-order valence-corrected chi connectivity index (χ1v) is 14.0. The van der Waals surface area contributed by atoms with E-state index in [-0.39, 0.29) is 0 Å². The highest BCUT2D eigenvalue weighted by molar-refractivity contribution is 5.74. The molecule has 1 aromatic rings. The van der Waals surface area contributed by atoms with Gasteiger partial charge in [0.1, 0.15) is 18.6 Å². The Kier molecular flexibility index (Phi) is 24.9. The maximum absolute atomic E-state index is 10.6. The normalized spacial score (nSPS) is 11.2. The van der Waals surface area contributed by atoms with Gasteiger partial charge in [0.15, 0.2) is 0 Å². The van der Waals surface area contributed by atoms with Gasteiger partial charge in [-0.2, -0.15) is 0 Å². The van der Waals surface area contributed by atoms with Crippen LogP contribution in [0.5, 0.6) is 5.75 Å². The lowest BCUT2D eigenvalue weighted by molar-refractivity contribution is -0.0179. The Morgan fingerprint density at radius 3 is 1.30 bits per heavy atom. The quantitative estimate of drug-likeness (QED) is 0.105. The molecule has 1 aromatic carbocycles. The second-order valence-corrected chi connectivity index (χ2v) is 8.68. The van der Waals surface area contributed by atoms with Crippen LogP contribution in [-0.2, 0) is 28.4 Å². The van der Waals surface area contributed by atoms with Crippen LogP contribution in [0.2, 0.25) is 0 Å². The number of hydrogen-bond donors (Lipinski definition) is 0. The molecule has 0 aliphatic rings. The van der Waals surface area contributed by atoms with E-state index < -0.39 is 0 Å². The third-order valence-electron chi connectivity index (χ3n) is 5.51. The molecule has 0 radical (unpaired) electrons. The first-order chi connectivity index (χ1) is 18.4. The molecule has 214 valence electrons. The lowest BCUT2D eigenvalue weighted by atomic mass is 10.1. The molecular weight excluding hydrogens is 476 g/mol. The van der Waals surface area contributed by atoms with Crippen molar-refractivity contribution in [2.45, 2.75) is 58.3 Å². The minimum Gasteiger partial charge on any atom is -0.491 e. The molecule has 0 aliphatic carbocycles. The van der Waals surface area contributed by atoms with Crippen LogP contribution in [0.4, 0.5) is 0 Å². The van der Waals surface area contributed by atoms with Crippen LogP contribution in [0.25, 0.3) is 0 Å². The van der Waals surface area contributed by atoms with Gasteiger partial charge in [-0.05, 0) is 30.7 Å². The van der Waals surface area contributed by atoms with Crippen LogP contribution < -0.4 is 4.74 Å². The number of hydrogen-bond acceptors (Lipinski definition) is 8. The lowest BCUT2D eigenvalue weighted by Gasteiger charge is -2.09. The molecule has 0 bridgehead atoms. The van der Waals surface area contributed by atoms with Crippen molar-refractivity contribution in [3.63, 3.8) is 0 Å². The zero-order valence-corrected chi connectivity index (χ0v) is 23.0. The molecule has 0 atom stereocenters. The average molecular weight is 527 g/mol. The topological polar surface area (TPSA) is 81.7 Å². The second-order valence-electron chi connectivity index (χ2n) is 8.68. The third-order valence-corrected chi connectivity index (χ3v) is 5.51. The van der Waals surface area contributed by atoms with Crippen LogP contribution in [0.3, 0.4) is 0 Å². The number of ether oxygens (including phenoxy) is 7. The fourth-order valence-electron chi connectivity index (χ4n) is 3.40. The number of unbranched alkanes of at least 4 members (excludes halogenated alkanes) is 7. The maximum Gasteiger partial charge on any atom is 0.150 e. The minimum absolute atomic E-state index is 0.446. The van der Waals surface area contributed by atoms with Crippen LogP contribution in [0, 0.1) is 0 Å². The lowest BCUT2D eigenvalue weighted by Crippen LogP contribution is -2.14. The highest BCUT2D eigenvalue weighted by Crippen LogP contribution is 2.10. The molecule has 0 fully saturated rings. The Labute approximate surface area is 224 Å². The molecule has 37 heavy (non-hydrogen) atoms. The summed E-state index contributed by atoms with van der Waals surface area (Å²) in [6.07, 6.45) is 11.3. The Morgan fingerprint density at radius 2 is 0.865 bits per heavy atom. The van der Waals surface area contributed by atoms with Crippen molar-refractivity contribution in [3.8, 4) is 5.75 Å². The minimum atomic E-state index is 0.446. The molecule has 0 unspecified atom stereocenters. The molecule has 0 amide bonds. The summed E-state index contributed by atoms with van der Waals surface area (Å²) in [5.41, 5.74) is 0.628. The summed E-state index contributed by atoms with van der Waals surface area (Å²) in [6.45, 7) is 9.52. The van der Waals surface area contributed by atoms with Crippen molar-refractivity contribution in [1.82, 2.24) is 0 Å². The van der Waals surface area contributed by atoms with E-state index in [2.05, 4.69) is 6.92 Å². The zero-order valence-electron chi connectivity index (χ0n) is 23.0. The number of carbonyl (C=O) groups excluding carboxylic acids is 1. The molecule has 8 nitrogen and oxygen atoms in total. The number of carbonyl (C=O) groups is 1. The fraction of sp³-hybridized carbons (Fsp3) is 0.759. The van der Waals surface area contributed by atoms with Crippen LogP contribution >= 0.6 is 0 Å². The van der Waals surface area contributed by atoms with E-state index in [1.54, 1.807) is 24.3 Å². The van der Waals surface area contributed by atoms with Crippen molar-refractivity contribution in [2.75, 3.05) is 85.9 Å². The zero-order chi connectivity index (χ0) is 26.5. The Morgan fingerprint density at radius 1 is 0.486 bits per heavy atom. The summed E-state index contributed by atoms with van der Waals surface area (Å²) in [7, 11) is 0. The van der Waals surface area contributed by atoms with Crippen molar-refractivity contribution >= 4 is 6.29 Å². The van der Waals surface area contributed by atoms with Gasteiger partial charge < -0.3 is 33.2 Å². The van der Waals surface area contributed by atoms with Gasteiger partial charge in [-0.15, -0.1) is 0 Å².